The van der Waals surface area contributed by atoms with Gasteiger partial charge in [0, 0.05) is 66.4 Å². The topological polar surface area (TPSA) is 185 Å². The third-order valence-electron chi connectivity index (χ3n) is 10.9. The van der Waals surface area contributed by atoms with Crippen molar-refractivity contribution in [1.82, 2.24) is 9.80 Å². The lowest BCUT2D eigenvalue weighted by atomic mass is 9.88. The minimum Gasteiger partial charge on any atom is -0.493 e. The Hall–Kier alpha value is -5.36. The van der Waals surface area contributed by atoms with Gasteiger partial charge in [-0.15, -0.1) is 11.3 Å². The molecule has 0 bridgehead atoms. The van der Waals surface area contributed by atoms with Crippen molar-refractivity contribution < 1.29 is 71.1 Å². The molecule has 3 aromatic rings. The van der Waals surface area contributed by atoms with Crippen molar-refractivity contribution in [2.75, 3.05) is 47.2 Å². The number of carboxylic acids is 1. The second-order valence-electron chi connectivity index (χ2n) is 15.4. The predicted molar refractivity (Wildman–Crippen MR) is 221 cm³/mol. The van der Waals surface area contributed by atoms with Crippen molar-refractivity contribution in [3.05, 3.63) is 45.8 Å². The summed E-state index contributed by atoms with van der Waals surface area (Å²) in [6.07, 6.45) is 1.73. The van der Waals surface area contributed by atoms with Gasteiger partial charge in [0.2, 0.25) is 17.7 Å². The molecule has 62 heavy (non-hydrogen) atoms. The number of likely N-dealkylation sites (tertiary alicyclic amines) is 1. The molecule has 15 nitrogen and oxygen atoms in total. The highest BCUT2D eigenvalue weighted by Crippen LogP contribution is 2.41. The van der Waals surface area contributed by atoms with Crippen LogP contribution in [0.1, 0.15) is 99.4 Å². The molecule has 18 heteroatoms. The summed E-state index contributed by atoms with van der Waals surface area (Å²) in [6.45, 7) is 5.93. The zero-order valence-electron chi connectivity index (χ0n) is 35.7. The molecule has 2 aliphatic rings. The van der Waals surface area contributed by atoms with Gasteiger partial charge in [-0.3, -0.25) is 33.7 Å². The first-order valence-corrected chi connectivity index (χ1v) is 21.6. The van der Waals surface area contributed by atoms with Gasteiger partial charge in [0.05, 0.1) is 64.9 Å². The summed E-state index contributed by atoms with van der Waals surface area (Å²) in [5.74, 6) is -4.67. The number of carboxylic acid groups (broad SMARTS) is 1. The average Bonchev–Trinajstić information content (AvgIpc) is 3.96. The summed E-state index contributed by atoms with van der Waals surface area (Å²) in [7, 11) is 2.69. The van der Waals surface area contributed by atoms with Crippen LogP contribution >= 0.6 is 11.3 Å². The third kappa shape index (κ3) is 11.8. The Morgan fingerprint density at radius 3 is 2.26 bits per heavy atom. The van der Waals surface area contributed by atoms with Crippen molar-refractivity contribution in [3.8, 4) is 23.0 Å². The predicted octanol–water partition coefficient (Wildman–Crippen LogP) is 6.86. The first-order chi connectivity index (χ1) is 29.7. The van der Waals surface area contributed by atoms with Crippen molar-refractivity contribution >= 4 is 56.9 Å². The summed E-state index contributed by atoms with van der Waals surface area (Å²) >= 11 is 1.04. The van der Waals surface area contributed by atoms with Gasteiger partial charge in [-0.2, -0.15) is 0 Å². The number of hydrogen-bond donors (Lipinski definition) is 1. The Morgan fingerprint density at radius 1 is 0.887 bits per heavy atom. The number of ether oxygens (including phenoxy) is 6. The van der Waals surface area contributed by atoms with Crippen LogP contribution in [0.2, 0.25) is 0 Å². The van der Waals surface area contributed by atoms with E-state index in [1.54, 1.807) is 19.1 Å². The molecule has 2 aromatic carbocycles. The lowest BCUT2D eigenvalue weighted by Gasteiger charge is -2.19. The Morgan fingerprint density at radius 2 is 1.58 bits per heavy atom. The number of carbonyl (C=O) groups is 6. The summed E-state index contributed by atoms with van der Waals surface area (Å²) in [6, 6.07) is 4.51. The van der Waals surface area contributed by atoms with E-state index >= 15 is 8.78 Å². The monoisotopic (exact) mass is 888 g/mol. The van der Waals surface area contributed by atoms with Gasteiger partial charge in [0.1, 0.15) is 6.10 Å². The number of carbonyl (C=O) groups excluding carboxylic acids is 5. The highest BCUT2D eigenvalue weighted by atomic mass is 32.1. The Labute approximate surface area is 362 Å². The fraction of sp³-hybridized carbons (Fsp3) is 0.545. The van der Waals surface area contributed by atoms with Gasteiger partial charge in [0.15, 0.2) is 40.4 Å². The number of nitrogens with zero attached hydrogens (tertiary/aromatic N) is 2. The number of Topliss-reactive ketones (excluding diaryl/α,β-unsaturated/α-hetero) is 1. The molecule has 338 valence electrons. The van der Waals surface area contributed by atoms with Crippen molar-refractivity contribution in [3.63, 3.8) is 0 Å². The zero-order chi connectivity index (χ0) is 45.1. The molecular weight excluding hydrogens is 835 g/mol. The van der Waals surface area contributed by atoms with Gasteiger partial charge >= 0.3 is 11.9 Å². The molecule has 2 unspecified atom stereocenters. The number of methoxy groups -OCH3 is 2. The maximum Gasteiger partial charge on any atom is 0.306 e. The maximum atomic E-state index is 15.8. The number of hydrogen-bond acceptors (Lipinski definition) is 13. The number of aliphatic carboxylic acids is 1. The smallest absolute Gasteiger partial charge is 0.306 e. The summed E-state index contributed by atoms with van der Waals surface area (Å²) in [4.78, 5) is 77.1. The minimum atomic E-state index is -1.10. The molecule has 5 rings (SSSR count). The third-order valence-corrected chi connectivity index (χ3v) is 12.0. The van der Waals surface area contributed by atoms with Crippen LogP contribution in [0.3, 0.4) is 0 Å². The summed E-state index contributed by atoms with van der Waals surface area (Å²) in [5, 5.41) is 9.02. The number of halogens is 2. The Bertz CT molecular complexity index is 2140. The molecule has 1 N–H and O–H groups in total. The van der Waals surface area contributed by atoms with Gasteiger partial charge in [-0.25, -0.2) is 8.78 Å². The van der Waals surface area contributed by atoms with E-state index in [9.17, 15) is 28.8 Å². The molecule has 1 aromatic heterocycles. The number of thiophene rings is 1. The van der Waals surface area contributed by atoms with Gasteiger partial charge in [-0.05, 0) is 37.0 Å². The van der Waals surface area contributed by atoms with E-state index in [4.69, 9.17) is 33.5 Å². The van der Waals surface area contributed by atoms with E-state index in [2.05, 4.69) is 6.92 Å². The van der Waals surface area contributed by atoms with E-state index in [-0.39, 0.29) is 153 Å². The number of benzene rings is 2. The average molecular weight is 889 g/mol. The van der Waals surface area contributed by atoms with E-state index in [1.165, 1.54) is 30.1 Å². The first kappa shape index (κ1) is 47.7. The van der Waals surface area contributed by atoms with Gasteiger partial charge in [-0.1, -0.05) is 26.7 Å². The number of rotatable bonds is 25. The molecule has 0 radical (unpaired) electrons. The molecule has 3 amide bonds. The molecule has 1 fully saturated rings. The van der Waals surface area contributed by atoms with E-state index in [1.807, 2.05) is 6.92 Å². The second-order valence-corrected chi connectivity index (χ2v) is 16.5. The number of ketones is 1. The number of imide groups is 1. The van der Waals surface area contributed by atoms with Crippen molar-refractivity contribution in [2.24, 2.45) is 11.8 Å². The number of amides is 3. The fourth-order valence-corrected chi connectivity index (χ4v) is 8.46. The van der Waals surface area contributed by atoms with E-state index in [0.29, 0.717) is 10.3 Å². The molecule has 0 aliphatic carbocycles. The van der Waals surface area contributed by atoms with Crippen LogP contribution in [0.4, 0.5) is 8.78 Å². The van der Waals surface area contributed by atoms with Crippen molar-refractivity contribution in [2.45, 2.75) is 97.8 Å². The van der Waals surface area contributed by atoms with Crippen LogP contribution in [0.25, 0.3) is 10.1 Å². The van der Waals surface area contributed by atoms with Crippen LogP contribution in [-0.4, -0.2) is 104 Å². The number of fused-ring (bicyclic) bond motifs is 2. The summed E-state index contributed by atoms with van der Waals surface area (Å²) in [5.41, 5.74) is 0.770. The molecular formula is C44H54F2N2O13S. The highest BCUT2D eigenvalue weighted by molar-refractivity contribution is 7.20. The standard InChI is InChI=1S/C44H54F2N2O13S/c1-6-7-9-25(2)28-20-37(51)48(44(28)55)14-17-58-24-26(3)61-39(54)13-10-31(49)35-19-29-34(62-35)21-33(57-5)43(40(29)45)60-16-8-15-59-42-32(56-4)18-27-22-47(23-30(27)41(42)46)36(50)11-12-38(52)53/h18-19,21,25-26,28H,6-17,20,22-24H2,1-5H3,(H,52,53)/t25?,26-,28?/m0/s1. The second kappa shape index (κ2) is 22.1. The quantitative estimate of drug-likeness (QED) is 0.0403. The number of unbranched alkanes of at least 4 members (excludes halogenated alkanes) is 1. The lowest BCUT2D eigenvalue weighted by Crippen LogP contribution is -2.35. The van der Waals surface area contributed by atoms with Crippen LogP contribution in [0.5, 0.6) is 23.0 Å². The van der Waals surface area contributed by atoms with E-state index < -0.39 is 35.6 Å². The molecule has 3 heterocycles. The summed E-state index contributed by atoms with van der Waals surface area (Å²) < 4.78 is 65.0. The van der Waals surface area contributed by atoms with Crippen LogP contribution in [0.15, 0.2) is 18.2 Å². The van der Waals surface area contributed by atoms with E-state index in [0.717, 1.165) is 30.6 Å². The molecule has 2 aliphatic heterocycles. The first-order valence-electron chi connectivity index (χ1n) is 20.7. The zero-order valence-corrected chi connectivity index (χ0v) is 36.5. The lowest BCUT2D eigenvalue weighted by molar-refractivity contribution is -0.151. The van der Waals surface area contributed by atoms with Gasteiger partial charge < -0.3 is 38.4 Å². The molecule has 3 atom stereocenters. The largest absolute Gasteiger partial charge is 0.493 e. The van der Waals surface area contributed by atoms with Crippen molar-refractivity contribution in [1.29, 1.82) is 0 Å². The highest BCUT2D eigenvalue weighted by Gasteiger charge is 2.40. The minimum absolute atomic E-state index is 0.0337. The Kier molecular flexibility index (Phi) is 17.0. The van der Waals surface area contributed by atoms with Crippen LogP contribution in [0, 0.1) is 23.5 Å². The molecule has 0 saturated carbocycles. The van der Waals surface area contributed by atoms with Crippen LogP contribution < -0.4 is 18.9 Å². The normalized spacial score (nSPS) is 15.8. The Balaban J connectivity index is 1.07. The molecule has 1 saturated heterocycles. The maximum absolute atomic E-state index is 15.8. The van der Waals surface area contributed by atoms with Gasteiger partial charge in [0.25, 0.3) is 0 Å². The fourth-order valence-electron chi connectivity index (χ4n) is 7.40. The number of esters is 1. The van der Waals surface area contributed by atoms with Crippen LogP contribution in [-0.2, 0) is 46.5 Å². The SMILES string of the molecule is CCCCC(C)C1CC(=O)N(CCOC[C@H](C)OC(=O)CCC(=O)c2cc3c(F)c(OCCCOc4c(OC)cc5c(c4F)CN(C(=O)CCC(=O)O)C5)c(OC)cc3s2)C1=O. The molecule has 0 spiro atoms.